The summed E-state index contributed by atoms with van der Waals surface area (Å²) in [7, 11) is -1.46. The third-order valence-electron chi connectivity index (χ3n) is 7.58. The number of likely N-dealkylation sites (tertiary alicyclic amines) is 1. The van der Waals surface area contributed by atoms with Crippen LogP contribution in [0.5, 0.6) is 5.75 Å². The van der Waals surface area contributed by atoms with E-state index in [1.165, 1.54) is 4.90 Å². The Morgan fingerprint density at radius 1 is 1.08 bits per heavy atom. The lowest BCUT2D eigenvalue weighted by atomic mass is 9.86. The molecule has 4 rings (SSSR count). The van der Waals surface area contributed by atoms with E-state index < -0.39 is 14.2 Å². The average Bonchev–Trinajstić information content (AvgIpc) is 2.91. The molecule has 2 N–H and O–H groups in total. The first kappa shape index (κ1) is 28.1. The molecule has 1 heterocycles. The molecule has 0 radical (unpaired) electrons. The number of ether oxygens (including phenoxy) is 3. The molecule has 38 heavy (non-hydrogen) atoms. The molecule has 3 unspecified atom stereocenters. The van der Waals surface area contributed by atoms with Crippen LogP contribution in [0.1, 0.15) is 36.0 Å². The zero-order valence-electron chi connectivity index (χ0n) is 22.7. The second-order valence-electron chi connectivity index (χ2n) is 11.1. The Balaban J connectivity index is 1.56. The van der Waals surface area contributed by atoms with Crippen molar-refractivity contribution in [2.75, 3.05) is 19.9 Å². The maximum Gasteiger partial charge on any atom is 0.407 e. The number of carboxylic acid groups (broad SMARTS) is 1. The molecule has 1 saturated heterocycles. The molecule has 204 valence electrons. The van der Waals surface area contributed by atoms with Crippen LogP contribution in [0.25, 0.3) is 10.8 Å². The summed E-state index contributed by atoms with van der Waals surface area (Å²) >= 11 is 0. The lowest BCUT2D eigenvalue weighted by Gasteiger charge is -2.37. The molecule has 0 saturated carbocycles. The largest absolute Gasteiger partial charge is 0.467 e. The van der Waals surface area contributed by atoms with Crippen LogP contribution in [0.3, 0.4) is 0 Å². The van der Waals surface area contributed by atoms with E-state index in [9.17, 15) is 15.0 Å². The van der Waals surface area contributed by atoms with Crippen molar-refractivity contribution in [1.82, 2.24) is 4.90 Å². The molecule has 1 fully saturated rings. The second kappa shape index (κ2) is 12.3. The highest BCUT2D eigenvalue weighted by Gasteiger charge is 2.33. The average molecular weight is 538 g/mol. The number of rotatable bonds is 10. The molecule has 3 atom stereocenters. The molecule has 1 aliphatic rings. The van der Waals surface area contributed by atoms with Crippen LogP contribution >= 0.6 is 0 Å². The van der Waals surface area contributed by atoms with E-state index in [2.05, 4.69) is 38.7 Å². The van der Waals surface area contributed by atoms with Gasteiger partial charge >= 0.3 is 6.09 Å². The van der Waals surface area contributed by atoms with E-state index in [-0.39, 0.29) is 37.8 Å². The Morgan fingerprint density at radius 3 is 2.50 bits per heavy atom. The van der Waals surface area contributed by atoms with Gasteiger partial charge in [-0.25, -0.2) is 4.79 Å². The van der Waals surface area contributed by atoms with Crippen LogP contribution in [0.2, 0.25) is 19.6 Å². The summed E-state index contributed by atoms with van der Waals surface area (Å²) in [6, 6.07) is 20.0. The number of carbonyl (C=O) groups is 1. The molecule has 0 aliphatic carbocycles. The van der Waals surface area contributed by atoms with E-state index in [1.807, 2.05) is 48.5 Å². The highest BCUT2D eigenvalue weighted by Crippen LogP contribution is 2.34. The number of hydrogen-bond acceptors (Lipinski definition) is 5. The van der Waals surface area contributed by atoms with Gasteiger partial charge in [0.1, 0.15) is 5.75 Å². The van der Waals surface area contributed by atoms with E-state index >= 15 is 0 Å². The van der Waals surface area contributed by atoms with E-state index in [0.29, 0.717) is 19.5 Å². The highest BCUT2D eigenvalue weighted by atomic mass is 28.3. The smallest absolute Gasteiger partial charge is 0.407 e. The predicted molar refractivity (Wildman–Crippen MR) is 151 cm³/mol. The zero-order valence-corrected chi connectivity index (χ0v) is 23.7. The van der Waals surface area contributed by atoms with Gasteiger partial charge in [-0.05, 0) is 29.9 Å². The highest BCUT2D eigenvalue weighted by molar-refractivity contribution is 6.77. The lowest BCUT2D eigenvalue weighted by Crippen LogP contribution is -2.46. The minimum Gasteiger partial charge on any atom is -0.467 e. The van der Waals surface area contributed by atoms with Crippen LogP contribution in [0, 0.1) is 0 Å². The minimum atomic E-state index is -1.46. The predicted octanol–water partition coefficient (Wildman–Crippen LogP) is 6.00. The standard InChI is InChI=1S/C30H39NO6Si/c1-21(38(2,3)4)36-20-37-29-25(14-13-23-7-5-6-8-27(23)29)19-35-28-17-31(30(33)34)16-15-26(28)24-11-9-22(18-32)10-12-24/h5-14,21,26,28,32H,15-20H2,1-4H3,(H,33,34). The van der Waals surface area contributed by atoms with Gasteiger partial charge in [0.15, 0.2) is 6.79 Å². The summed E-state index contributed by atoms with van der Waals surface area (Å²) < 4.78 is 18.8. The van der Waals surface area contributed by atoms with Crippen molar-refractivity contribution in [1.29, 1.82) is 0 Å². The fourth-order valence-electron chi connectivity index (χ4n) is 4.72. The number of fused-ring (bicyclic) bond motifs is 1. The fourth-order valence-corrected chi connectivity index (χ4v) is 5.29. The molecule has 0 spiro atoms. The summed E-state index contributed by atoms with van der Waals surface area (Å²) in [6.07, 6.45) is -0.586. The number of nitrogens with zero attached hydrogens (tertiary/aromatic N) is 1. The molecule has 0 bridgehead atoms. The third-order valence-corrected chi connectivity index (χ3v) is 10.2. The molecular weight excluding hydrogens is 498 g/mol. The van der Waals surface area contributed by atoms with E-state index in [4.69, 9.17) is 14.2 Å². The van der Waals surface area contributed by atoms with Gasteiger partial charge in [-0.15, -0.1) is 0 Å². The van der Waals surface area contributed by atoms with Gasteiger partial charge in [0, 0.05) is 29.1 Å². The first-order valence-electron chi connectivity index (χ1n) is 13.2. The maximum absolute atomic E-state index is 11.8. The quantitative estimate of drug-likeness (QED) is 0.243. The molecule has 8 heteroatoms. The van der Waals surface area contributed by atoms with Crippen LogP contribution in [0.15, 0.2) is 60.7 Å². The topological polar surface area (TPSA) is 88.5 Å². The number of hydrogen-bond donors (Lipinski definition) is 2. The summed E-state index contributed by atoms with van der Waals surface area (Å²) in [5.41, 5.74) is 2.98. The van der Waals surface area contributed by atoms with E-state index in [0.717, 1.165) is 33.2 Å². The van der Waals surface area contributed by atoms with Crippen molar-refractivity contribution in [2.24, 2.45) is 0 Å². The molecule has 3 aromatic carbocycles. The van der Waals surface area contributed by atoms with Crippen molar-refractivity contribution in [3.8, 4) is 5.75 Å². The van der Waals surface area contributed by atoms with Crippen LogP contribution in [0.4, 0.5) is 4.79 Å². The Hall–Kier alpha value is -2.91. The van der Waals surface area contributed by atoms with Gasteiger partial charge in [0.2, 0.25) is 0 Å². The molecule has 1 aliphatic heterocycles. The van der Waals surface area contributed by atoms with Gasteiger partial charge < -0.3 is 29.3 Å². The van der Waals surface area contributed by atoms with Crippen molar-refractivity contribution >= 4 is 24.9 Å². The fraction of sp³-hybridized carbons (Fsp3) is 0.433. The van der Waals surface area contributed by atoms with Gasteiger partial charge in [0.05, 0.1) is 33.9 Å². The Kier molecular flexibility index (Phi) is 9.09. The SMILES string of the molecule is CC(OCOc1c(COC2CN(C(=O)O)CCC2c2ccc(CO)cc2)ccc2ccccc12)[Si](C)(C)C. The number of piperidine rings is 1. The number of amides is 1. The maximum atomic E-state index is 11.8. The third kappa shape index (κ3) is 6.74. The summed E-state index contributed by atoms with van der Waals surface area (Å²) in [4.78, 5) is 13.2. The summed E-state index contributed by atoms with van der Waals surface area (Å²) in [6.45, 7) is 10.1. The zero-order chi connectivity index (χ0) is 27.3. The van der Waals surface area contributed by atoms with Gasteiger partial charge in [-0.1, -0.05) is 80.3 Å². The Bertz CT molecular complexity index is 1230. The first-order chi connectivity index (χ1) is 18.2. The number of aliphatic hydroxyl groups is 1. The van der Waals surface area contributed by atoms with Crippen molar-refractivity contribution in [2.45, 2.75) is 63.9 Å². The Labute approximate surface area is 226 Å². The summed E-state index contributed by atoms with van der Waals surface area (Å²) in [5, 5.41) is 21.1. The minimum absolute atomic E-state index is 0.0111. The molecule has 7 nitrogen and oxygen atoms in total. The van der Waals surface area contributed by atoms with E-state index in [1.54, 1.807) is 0 Å². The van der Waals surface area contributed by atoms with Crippen LogP contribution in [-0.4, -0.2) is 61.0 Å². The molecular formula is C30H39NO6Si. The van der Waals surface area contributed by atoms with Gasteiger partial charge in [-0.2, -0.15) is 0 Å². The van der Waals surface area contributed by atoms with Gasteiger partial charge in [-0.3, -0.25) is 0 Å². The molecule has 0 aromatic heterocycles. The van der Waals surface area contributed by atoms with Crippen LogP contribution in [-0.2, 0) is 22.7 Å². The Morgan fingerprint density at radius 2 is 1.82 bits per heavy atom. The lowest BCUT2D eigenvalue weighted by molar-refractivity contribution is -0.0238. The first-order valence-corrected chi connectivity index (χ1v) is 16.8. The van der Waals surface area contributed by atoms with Gasteiger partial charge in [0.25, 0.3) is 0 Å². The van der Waals surface area contributed by atoms with Crippen molar-refractivity contribution in [3.63, 3.8) is 0 Å². The van der Waals surface area contributed by atoms with Crippen LogP contribution < -0.4 is 4.74 Å². The number of aliphatic hydroxyl groups excluding tert-OH is 1. The van der Waals surface area contributed by atoms with Crippen molar-refractivity contribution < 1.29 is 29.2 Å². The normalized spacial score (nSPS) is 18.9. The monoisotopic (exact) mass is 537 g/mol. The van der Waals surface area contributed by atoms with Crippen molar-refractivity contribution in [3.05, 3.63) is 77.4 Å². The molecule has 3 aromatic rings. The second-order valence-corrected chi connectivity index (χ2v) is 16.6. The molecule has 1 amide bonds. The number of benzene rings is 3. The summed E-state index contributed by atoms with van der Waals surface area (Å²) in [5.74, 6) is 0.782.